The fourth-order valence-electron chi connectivity index (χ4n) is 1.98. The maximum atomic E-state index is 5.58. The van der Waals surface area contributed by atoms with Gasteiger partial charge in [-0.3, -0.25) is 0 Å². The molecule has 0 radical (unpaired) electrons. The average molecular weight is 296 g/mol. The van der Waals surface area contributed by atoms with Gasteiger partial charge in [-0.2, -0.15) is 0 Å². The molecule has 2 nitrogen and oxygen atoms in total. The fourth-order valence-corrected chi connectivity index (χ4v) is 1.98. The van der Waals surface area contributed by atoms with E-state index in [1.807, 2.05) is 24.3 Å². The van der Waals surface area contributed by atoms with E-state index in [0.29, 0.717) is 0 Å². The molecule has 2 aromatic rings. The predicted molar refractivity (Wildman–Crippen MR) is 93.4 cm³/mol. The minimum Gasteiger partial charge on any atom is -0.494 e. The van der Waals surface area contributed by atoms with Gasteiger partial charge < -0.3 is 9.47 Å². The molecule has 0 spiro atoms. The molecule has 0 fully saturated rings. The van der Waals surface area contributed by atoms with Gasteiger partial charge in [0.1, 0.15) is 11.5 Å². The first-order valence-electron chi connectivity index (χ1n) is 7.95. The normalized spacial score (nSPS) is 10.8. The first kappa shape index (κ1) is 16.2. The summed E-state index contributed by atoms with van der Waals surface area (Å²) in [5, 5.41) is 0. The third-order valence-corrected chi connectivity index (χ3v) is 3.17. The quantitative estimate of drug-likeness (QED) is 0.604. The van der Waals surface area contributed by atoms with Crippen LogP contribution in [0.5, 0.6) is 11.5 Å². The van der Waals surface area contributed by atoms with Crippen molar-refractivity contribution in [3.05, 3.63) is 59.7 Å². The summed E-state index contributed by atoms with van der Waals surface area (Å²) in [4.78, 5) is 0. The average Bonchev–Trinajstić information content (AvgIpc) is 2.58. The Kier molecular flexibility index (Phi) is 6.56. The van der Waals surface area contributed by atoms with E-state index in [-0.39, 0.29) is 0 Å². The lowest BCUT2D eigenvalue weighted by molar-refractivity contribution is 0.317. The van der Waals surface area contributed by atoms with Crippen LogP contribution in [0.1, 0.15) is 37.8 Å². The van der Waals surface area contributed by atoms with Crippen LogP contribution in [0.25, 0.3) is 12.2 Å². The van der Waals surface area contributed by atoms with E-state index >= 15 is 0 Å². The fraction of sp³-hybridized carbons (Fsp3) is 0.300. The Morgan fingerprint density at radius 1 is 0.636 bits per heavy atom. The topological polar surface area (TPSA) is 18.5 Å². The second-order valence-electron chi connectivity index (χ2n) is 5.17. The first-order chi connectivity index (χ1) is 10.8. The van der Waals surface area contributed by atoms with Crippen molar-refractivity contribution in [3.8, 4) is 11.5 Å². The molecule has 0 bridgehead atoms. The van der Waals surface area contributed by atoms with Crippen LogP contribution in [0.15, 0.2) is 48.5 Å². The lowest BCUT2D eigenvalue weighted by Crippen LogP contribution is -1.94. The van der Waals surface area contributed by atoms with E-state index in [9.17, 15) is 0 Å². The zero-order valence-electron chi connectivity index (χ0n) is 13.4. The number of hydrogen-bond donors (Lipinski definition) is 0. The van der Waals surface area contributed by atoms with Crippen molar-refractivity contribution < 1.29 is 9.47 Å². The highest BCUT2D eigenvalue weighted by Gasteiger charge is 1.94. The van der Waals surface area contributed by atoms with Gasteiger partial charge in [0.15, 0.2) is 0 Å². The second-order valence-corrected chi connectivity index (χ2v) is 5.17. The summed E-state index contributed by atoms with van der Waals surface area (Å²) in [6, 6.07) is 16.3. The molecule has 0 amide bonds. The molecule has 0 unspecified atom stereocenters. The molecule has 2 rings (SSSR count). The summed E-state index contributed by atoms with van der Waals surface area (Å²) >= 11 is 0. The summed E-state index contributed by atoms with van der Waals surface area (Å²) in [5.41, 5.74) is 2.32. The van der Waals surface area contributed by atoms with Gasteiger partial charge in [-0.05, 0) is 48.2 Å². The van der Waals surface area contributed by atoms with Crippen LogP contribution in [0.3, 0.4) is 0 Å². The van der Waals surface area contributed by atoms with Crippen LogP contribution in [-0.2, 0) is 0 Å². The van der Waals surface area contributed by atoms with Gasteiger partial charge in [0.2, 0.25) is 0 Å². The number of benzene rings is 2. The van der Waals surface area contributed by atoms with Crippen molar-refractivity contribution in [1.29, 1.82) is 0 Å². The third kappa shape index (κ3) is 5.28. The molecular formula is C20H24O2. The Labute approximate surface area is 133 Å². The van der Waals surface area contributed by atoms with Gasteiger partial charge in [-0.25, -0.2) is 0 Å². The van der Waals surface area contributed by atoms with E-state index in [1.54, 1.807) is 0 Å². The lowest BCUT2D eigenvalue weighted by Gasteiger charge is -2.05. The second kappa shape index (κ2) is 8.93. The zero-order valence-corrected chi connectivity index (χ0v) is 13.4. The minimum atomic E-state index is 0.766. The van der Waals surface area contributed by atoms with Crippen LogP contribution < -0.4 is 9.47 Å². The first-order valence-corrected chi connectivity index (χ1v) is 7.95. The van der Waals surface area contributed by atoms with Gasteiger partial charge in [0, 0.05) is 0 Å². The maximum absolute atomic E-state index is 5.58. The van der Waals surface area contributed by atoms with Crippen molar-refractivity contribution in [2.45, 2.75) is 26.7 Å². The zero-order chi connectivity index (χ0) is 15.6. The molecule has 2 aromatic carbocycles. The van der Waals surface area contributed by atoms with E-state index < -0.39 is 0 Å². The van der Waals surface area contributed by atoms with Gasteiger partial charge in [-0.1, -0.05) is 50.3 Å². The number of rotatable bonds is 8. The van der Waals surface area contributed by atoms with E-state index in [0.717, 1.165) is 48.7 Å². The summed E-state index contributed by atoms with van der Waals surface area (Å²) in [5.74, 6) is 1.85. The Bertz CT molecular complexity index is 514. The maximum Gasteiger partial charge on any atom is 0.119 e. The predicted octanol–water partition coefficient (Wildman–Crippen LogP) is 5.43. The Morgan fingerprint density at radius 3 is 1.32 bits per heavy atom. The number of ether oxygens (including phenoxy) is 2. The van der Waals surface area contributed by atoms with Gasteiger partial charge in [0.05, 0.1) is 13.2 Å². The number of hydrogen-bond acceptors (Lipinski definition) is 2. The summed E-state index contributed by atoms with van der Waals surface area (Å²) in [7, 11) is 0. The molecule has 0 atom stereocenters. The van der Waals surface area contributed by atoms with E-state index in [4.69, 9.17) is 9.47 Å². The highest BCUT2D eigenvalue weighted by Crippen LogP contribution is 2.17. The molecule has 0 aliphatic carbocycles. The smallest absolute Gasteiger partial charge is 0.119 e. The molecule has 22 heavy (non-hydrogen) atoms. The SMILES string of the molecule is CCCOc1ccc(C=Cc2ccc(OCCC)cc2)cc1. The highest BCUT2D eigenvalue weighted by atomic mass is 16.5. The Balaban J connectivity index is 1.93. The van der Waals surface area contributed by atoms with Crippen molar-refractivity contribution in [3.63, 3.8) is 0 Å². The minimum absolute atomic E-state index is 0.766. The molecule has 0 aliphatic heterocycles. The standard InChI is InChI=1S/C20H24O2/c1-3-15-21-19-11-7-17(8-12-19)5-6-18-9-13-20(14-10-18)22-16-4-2/h5-14H,3-4,15-16H2,1-2H3. The van der Waals surface area contributed by atoms with Crippen LogP contribution in [0.4, 0.5) is 0 Å². The molecule has 2 heteroatoms. The van der Waals surface area contributed by atoms with Crippen LogP contribution in [0, 0.1) is 0 Å². The Hall–Kier alpha value is -2.22. The van der Waals surface area contributed by atoms with Crippen molar-refractivity contribution in [2.24, 2.45) is 0 Å². The molecule has 0 heterocycles. The molecule has 0 aliphatic rings. The molecular weight excluding hydrogens is 272 g/mol. The molecule has 0 saturated heterocycles. The van der Waals surface area contributed by atoms with Gasteiger partial charge in [0.25, 0.3) is 0 Å². The summed E-state index contributed by atoms with van der Waals surface area (Å²) in [6.07, 6.45) is 6.26. The van der Waals surface area contributed by atoms with Gasteiger partial charge in [-0.15, -0.1) is 0 Å². The summed E-state index contributed by atoms with van der Waals surface area (Å²) in [6.45, 7) is 5.74. The van der Waals surface area contributed by atoms with Crippen LogP contribution in [0.2, 0.25) is 0 Å². The molecule has 116 valence electrons. The largest absolute Gasteiger partial charge is 0.494 e. The lowest BCUT2D eigenvalue weighted by atomic mass is 10.1. The highest BCUT2D eigenvalue weighted by molar-refractivity contribution is 5.70. The Morgan fingerprint density at radius 2 is 1.00 bits per heavy atom. The van der Waals surface area contributed by atoms with E-state index in [1.165, 1.54) is 0 Å². The molecule has 0 saturated carbocycles. The van der Waals surface area contributed by atoms with Crippen molar-refractivity contribution in [2.75, 3.05) is 13.2 Å². The summed E-state index contributed by atoms with van der Waals surface area (Å²) < 4.78 is 11.2. The molecule has 0 N–H and O–H groups in total. The van der Waals surface area contributed by atoms with Crippen LogP contribution >= 0.6 is 0 Å². The molecule has 0 aromatic heterocycles. The van der Waals surface area contributed by atoms with Crippen molar-refractivity contribution in [1.82, 2.24) is 0 Å². The van der Waals surface area contributed by atoms with Crippen LogP contribution in [-0.4, -0.2) is 13.2 Å². The monoisotopic (exact) mass is 296 g/mol. The van der Waals surface area contributed by atoms with E-state index in [2.05, 4.69) is 50.3 Å². The van der Waals surface area contributed by atoms with Gasteiger partial charge >= 0.3 is 0 Å². The third-order valence-electron chi connectivity index (χ3n) is 3.17. The van der Waals surface area contributed by atoms with Crippen molar-refractivity contribution >= 4 is 12.2 Å².